The molecule has 102 valence electrons. The molecule has 0 saturated carbocycles. The molecule has 1 aliphatic heterocycles. The lowest BCUT2D eigenvalue weighted by Gasteiger charge is -2.15. The lowest BCUT2D eigenvalue weighted by atomic mass is 10.00. The first kappa shape index (κ1) is 12.6. The van der Waals surface area contributed by atoms with E-state index in [1.54, 1.807) is 26.1 Å². The van der Waals surface area contributed by atoms with Gasteiger partial charge in [0, 0.05) is 23.6 Å². The van der Waals surface area contributed by atoms with E-state index in [2.05, 4.69) is 10.2 Å². The smallest absolute Gasteiger partial charge is 0.237 e. The zero-order chi connectivity index (χ0) is 14.3. The molecule has 2 amide bonds. The number of imide groups is 1. The number of carbonyl (C=O) groups is 2. The van der Waals surface area contributed by atoms with Crippen LogP contribution in [0.2, 0.25) is 0 Å². The SMILES string of the molecule is CC1C(=O)N(c2cccc(-c3ccn[nH]3)c2)C(=O)C1C. The number of amides is 2. The van der Waals surface area contributed by atoms with Crippen molar-refractivity contribution in [3.63, 3.8) is 0 Å². The highest BCUT2D eigenvalue weighted by atomic mass is 16.2. The molecule has 1 aromatic carbocycles. The van der Waals surface area contributed by atoms with Gasteiger partial charge in [-0.25, -0.2) is 0 Å². The van der Waals surface area contributed by atoms with E-state index >= 15 is 0 Å². The van der Waals surface area contributed by atoms with Crippen LogP contribution in [0.1, 0.15) is 13.8 Å². The number of nitrogens with zero attached hydrogens (tertiary/aromatic N) is 2. The molecule has 0 spiro atoms. The van der Waals surface area contributed by atoms with E-state index in [4.69, 9.17) is 0 Å². The van der Waals surface area contributed by atoms with Crippen molar-refractivity contribution in [3.05, 3.63) is 36.5 Å². The van der Waals surface area contributed by atoms with Crippen LogP contribution in [-0.2, 0) is 9.59 Å². The summed E-state index contributed by atoms with van der Waals surface area (Å²) in [6.07, 6.45) is 1.66. The van der Waals surface area contributed by atoms with Crippen molar-refractivity contribution < 1.29 is 9.59 Å². The first-order valence-corrected chi connectivity index (χ1v) is 6.57. The van der Waals surface area contributed by atoms with Gasteiger partial charge >= 0.3 is 0 Å². The van der Waals surface area contributed by atoms with Gasteiger partial charge in [0.25, 0.3) is 0 Å². The maximum absolute atomic E-state index is 12.2. The fraction of sp³-hybridized carbons (Fsp3) is 0.267. The molecule has 5 nitrogen and oxygen atoms in total. The Morgan fingerprint density at radius 1 is 1.10 bits per heavy atom. The molecule has 2 aromatic rings. The maximum Gasteiger partial charge on any atom is 0.237 e. The highest BCUT2D eigenvalue weighted by molar-refractivity contribution is 6.21. The minimum Gasteiger partial charge on any atom is -0.278 e. The van der Waals surface area contributed by atoms with Crippen LogP contribution < -0.4 is 4.90 Å². The van der Waals surface area contributed by atoms with E-state index in [0.29, 0.717) is 5.69 Å². The molecule has 2 heterocycles. The molecule has 0 bridgehead atoms. The fourth-order valence-corrected chi connectivity index (χ4v) is 2.43. The quantitative estimate of drug-likeness (QED) is 0.850. The summed E-state index contributed by atoms with van der Waals surface area (Å²) < 4.78 is 0. The third-order valence-electron chi connectivity index (χ3n) is 3.89. The standard InChI is InChI=1S/C15H15N3O2/c1-9-10(2)15(20)18(14(9)19)12-5-3-4-11(8-12)13-6-7-16-17-13/h3-10H,1-2H3,(H,16,17). The van der Waals surface area contributed by atoms with Crippen LogP contribution in [-0.4, -0.2) is 22.0 Å². The summed E-state index contributed by atoms with van der Waals surface area (Å²) in [6.45, 7) is 3.59. The normalized spacial score (nSPS) is 22.6. The number of aromatic nitrogens is 2. The molecule has 2 atom stereocenters. The number of H-pyrrole nitrogens is 1. The Labute approximate surface area is 116 Å². The molecule has 20 heavy (non-hydrogen) atoms. The molecule has 5 heteroatoms. The van der Waals surface area contributed by atoms with Crippen LogP contribution in [0, 0.1) is 11.8 Å². The van der Waals surface area contributed by atoms with Crippen molar-refractivity contribution in [1.29, 1.82) is 0 Å². The van der Waals surface area contributed by atoms with Crippen LogP contribution in [0.15, 0.2) is 36.5 Å². The molecule has 3 rings (SSSR count). The zero-order valence-corrected chi connectivity index (χ0v) is 11.3. The number of hydrogen-bond donors (Lipinski definition) is 1. The molecular formula is C15H15N3O2. The van der Waals surface area contributed by atoms with E-state index in [-0.39, 0.29) is 23.7 Å². The van der Waals surface area contributed by atoms with E-state index in [1.165, 1.54) is 4.90 Å². The second-order valence-corrected chi connectivity index (χ2v) is 5.11. The summed E-state index contributed by atoms with van der Waals surface area (Å²) >= 11 is 0. The number of nitrogens with one attached hydrogen (secondary N) is 1. The van der Waals surface area contributed by atoms with Gasteiger partial charge in [0.15, 0.2) is 0 Å². The first-order chi connectivity index (χ1) is 9.59. The highest BCUT2D eigenvalue weighted by Crippen LogP contribution is 2.32. The lowest BCUT2D eigenvalue weighted by molar-refractivity contribution is -0.122. The number of carbonyl (C=O) groups excluding carboxylic acids is 2. The van der Waals surface area contributed by atoms with E-state index in [1.807, 2.05) is 24.3 Å². The highest BCUT2D eigenvalue weighted by Gasteiger charge is 2.43. The summed E-state index contributed by atoms with van der Waals surface area (Å²) in [5.74, 6) is -0.801. The molecule has 1 fully saturated rings. The minimum atomic E-state index is -0.265. The first-order valence-electron chi connectivity index (χ1n) is 6.57. The van der Waals surface area contributed by atoms with Crippen molar-refractivity contribution in [2.24, 2.45) is 11.8 Å². The van der Waals surface area contributed by atoms with Gasteiger partial charge in [-0.2, -0.15) is 5.10 Å². The third kappa shape index (κ3) is 1.82. The summed E-state index contributed by atoms with van der Waals surface area (Å²) in [7, 11) is 0. The Bertz CT molecular complexity index is 644. The Balaban J connectivity index is 2.01. The van der Waals surface area contributed by atoms with Crippen LogP contribution in [0.3, 0.4) is 0 Å². The van der Waals surface area contributed by atoms with Crippen molar-refractivity contribution in [1.82, 2.24) is 10.2 Å². The number of benzene rings is 1. The van der Waals surface area contributed by atoms with E-state index in [0.717, 1.165) is 11.3 Å². The molecular weight excluding hydrogens is 254 g/mol. The summed E-state index contributed by atoms with van der Waals surface area (Å²) in [6, 6.07) is 9.20. The van der Waals surface area contributed by atoms with Gasteiger partial charge in [0.1, 0.15) is 0 Å². The van der Waals surface area contributed by atoms with Gasteiger partial charge in [-0.1, -0.05) is 26.0 Å². The second-order valence-electron chi connectivity index (χ2n) is 5.11. The largest absolute Gasteiger partial charge is 0.278 e. The molecule has 2 unspecified atom stereocenters. The molecule has 0 aliphatic carbocycles. The van der Waals surface area contributed by atoms with Crippen LogP contribution in [0.4, 0.5) is 5.69 Å². The van der Waals surface area contributed by atoms with E-state index in [9.17, 15) is 9.59 Å². The van der Waals surface area contributed by atoms with Gasteiger partial charge in [-0.05, 0) is 18.2 Å². The fourth-order valence-electron chi connectivity index (χ4n) is 2.43. The summed E-state index contributed by atoms with van der Waals surface area (Å²) in [5.41, 5.74) is 2.36. The summed E-state index contributed by atoms with van der Waals surface area (Å²) in [4.78, 5) is 25.7. The average molecular weight is 269 g/mol. The summed E-state index contributed by atoms with van der Waals surface area (Å²) in [5, 5.41) is 6.78. The van der Waals surface area contributed by atoms with Crippen LogP contribution in [0.5, 0.6) is 0 Å². The predicted octanol–water partition coefficient (Wildman–Crippen LogP) is 2.22. The molecule has 1 saturated heterocycles. The molecule has 1 aliphatic rings. The monoisotopic (exact) mass is 269 g/mol. The van der Waals surface area contributed by atoms with Crippen molar-refractivity contribution in [3.8, 4) is 11.3 Å². The number of anilines is 1. The van der Waals surface area contributed by atoms with E-state index < -0.39 is 0 Å². The maximum atomic E-state index is 12.2. The zero-order valence-electron chi connectivity index (χ0n) is 11.3. The van der Waals surface area contributed by atoms with Crippen LogP contribution in [0.25, 0.3) is 11.3 Å². The molecule has 0 radical (unpaired) electrons. The van der Waals surface area contributed by atoms with Crippen molar-refractivity contribution >= 4 is 17.5 Å². The van der Waals surface area contributed by atoms with Gasteiger partial charge in [0.05, 0.1) is 11.4 Å². The average Bonchev–Trinajstić information content (AvgIpc) is 3.05. The number of hydrogen-bond acceptors (Lipinski definition) is 3. The van der Waals surface area contributed by atoms with Gasteiger partial charge in [-0.15, -0.1) is 0 Å². The second kappa shape index (κ2) is 4.59. The lowest BCUT2D eigenvalue weighted by Crippen LogP contribution is -2.30. The van der Waals surface area contributed by atoms with Crippen molar-refractivity contribution in [2.75, 3.05) is 4.90 Å². The third-order valence-corrected chi connectivity index (χ3v) is 3.89. The predicted molar refractivity (Wildman–Crippen MR) is 74.8 cm³/mol. The Kier molecular flexibility index (Phi) is 2.89. The van der Waals surface area contributed by atoms with Crippen molar-refractivity contribution in [2.45, 2.75) is 13.8 Å². The van der Waals surface area contributed by atoms with Gasteiger partial charge in [0.2, 0.25) is 11.8 Å². The van der Waals surface area contributed by atoms with Crippen LogP contribution >= 0.6 is 0 Å². The molecule has 1 aromatic heterocycles. The number of rotatable bonds is 2. The Morgan fingerprint density at radius 3 is 2.40 bits per heavy atom. The van der Waals surface area contributed by atoms with Gasteiger partial charge in [-0.3, -0.25) is 19.6 Å². The Morgan fingerprint density at radius 2 is 1.80 bits per heavy atom. The molecule has 1 N–H and O–H groups in total. The number of aromatic amines is 1. The topological polar surface area (TPSA) is 66.1 Å². The minimum absolute atomic E-state index is 0.135. The van der Waals surface area contributed by atoms with Gasteiger partial charge < -0.3 is 0 Å². The Hall–Kier alpha value is -2.43.